The van der Waals surface area contributed by atoms with E-state index in [-0.39, 0.29) is 24.7 Å². The van der Waals surface area contributed by atoms with Crippen molar-refractivity contribution >= 4 is 11.6 Å². The first-order valence-corrected chi connectivity index (χ1v) is 6.33. The van der Waals surface area contributed by atoms with Gasteiger partial charge in [-0.2, -0.15) is 0 Å². The molecule has 1 aliphatic rings. The summed E-state index contributed by atoms with van der Waals surface area (Å²) in [4.78, 5) is 13.9. The number of carbonyl (C=O) groups is 1. The highest BCUT2D eigenvalue weighted by Gasteiger charge is 2.26. The maximum Gasteiger partial charge on any atom is 0.253 e. The molecule has 1 aromatic rings. The SMILES string of the molecule is CC(C)OCC(=O)N1CC(N)Cc2ccccc21. The van der Waals surface area contributed by atoms with Crippen molar-refractivity contribution in [3.8, 4) is 0 Å². The monoisotopic (exact) mass is 248 g/mol. The summed E-state index contributed by atoms with van der Waals surface area (Å²) in [6, 6.07) is 7.92. The van der Waals surface area contributed by atoms with E-state index in [0.29, 0.717) is 6.54 Å². The van der Waals surface area contributed by atoms with Crippen molar-refractivity contribution < 1.29 is 9.53 Å². The highest BCUT2D eigenvalue weighted by atomic mass is 16.5. The number of hydrogen-bond donors (Lipinski definition) is 1. The maximum atomic E-state index is 12.2. The fraction of sp³-hybridized carbons (Fsp3) is 0.500. The van der Waals surface area contributed by atoms with Gasteiger partial charge in [-0.05, 0) is 31.9 Å². The third-order valence-electron chi connectivity index (χ3n) is 3.02. The van der Waals surface area contributed by atoms with E-state index in [2.05, 4.69) is 0 Å². The van der Waals surface area contributed by atoms with E-state index in [9.17, 15) is 4.79 Å². The Bertz CT molecular complexity index is 432. The number of rotatable bonds is 3. The van der Waals surface area contributed by atoms with E-state index in [1.54, 1.807) is 4.90 Å². The number of anilines is 1. The largest absolute Gasteiger partial charge is 0.369 e. The zero-order valence-corrected chi connectivity index (χ0v) is 10.9. The van der Waals surface area contributed by atoms with E-state index in [4.69, 9.17) is 10.5 Å². The summed E-state index contributed by atoms with van der Waals surface area (Å²) in [6.07, 6.45) is 0.882. The Hall–Kier alpha value is -1.39. The summed E-state index contributed by atoms with van der Waals surface area (Å²) in [5.74, 6) is -0.0219. The summed E-state index contributed by atoms with van der Waals surface area (Å²) in [5, 5.41) is 0. The molecular formula is C14H20N2O2. The summed E-state index contributed by atoms with van der Waals surface area (Å²) in [5.41, 5.74) is 8.10. The van der Waals surface area contributed by atoms with Crippen molar-refractivity contribution in [3.05, 3.63) is 29.8 Å². The van der Waals surface area contributed by atoms with Gasteiger partial charge in [0.2, 0.25) is 0 Å². The topological polar surface area (TPSA) is 55.6 Å². The second-order valence-corrected chi connectivity index (χ2v) is 4.96. The van der Waals surface area contributed by atoms with Gasteiger partial charge in [-0.15, -0.1) is 0 Å². The molecule has 1 atom stereocenters. The average Bonchev–Trinajstić information content (AvgIpc) is 2.34. The molecule has 0 fully saturated rings. The molecule has 0 bridgehead atoms. The lowest BCUT2D eigenvalue weighted by atomic mass is 9.98. The number of benzene rings is 1. The number of carbonyl (C=O) groups excluding carboxylic acids is 1. The zero-order chi connectivity index (χ0) is 13.1. The Morgan fingerprint density at radius 2 is 2.22 bits per heavy atom. The van der Waals surface area contributed by atoms with Crippen LogP contribution in [-0.2, 0) is 16.0 Å². The molecule has 0 saturated heterocycles. The van der Waals surface area contributed by atoms with Gasteiger partial charge < -0.3 is 15.4 Å². The number of hydrogen-bond acceptors (Lipinski definition) is 3. The van der Waals surface area contributed by atoms with Crippen molar-refractivity contribution in [2.75, 3.05) is 18.1 Å². The second kappa shape index (κ2) is 5.50. The number of amides is 1. The molecule has 1 unspecified atom stereocenters. The normalized spacial score (nSPS) is 18.9. The quantitative estimate of drug-likeness (QED) is 0.878. The summed E-state index contributed by atoms with van der Waals surface area (Å²) in [7, 11) is 0. The predicted octanol–water partition coefficient (Wildman–Crippen LogP) is 1.33. The van der Waals surface area contributed by atoms with Gasteiger partial charge in [0.15, 0.2) is 0 Å². The predicted molar refractivity (Wildman–Crippen MR) is 71.6 cm³/mol. The van der Waals surface area contributed by atoms with Crippen molar-refractivity contribution in [1.29, 1.82) is 0 Å². The first kappa shape index (κ1) is 13.1. The van der Waals surface area contributed by atoms with Crippen molar-refractivity contribution in [2.45, 2.75) is 32.4 Å². The van der Waals surface area contributed by atoms with Crippen LogP contribution in [0.3, 0.4) is 0 Å². The van der Waals surface area contributed by atoms with Crippen LogP contribution in [0.2, 0.25) is 0 Å². The number of nitrogens with two attached hydrogens (primary N) is 1. The first-order valence-electron chi connectivity index (χ1n) is 6.33. The van der Waals surface area contributed by atoms with E-state index in [1.165, 1.54) is 0 Å². The number of nitrogens with zero attached hydrogens (tertiary/aromatic N) is 1. The summed E-state index contributed by atoms with van der Waals surface area (Å²) >= 11 is 0. The van der Waals surface area contributed by atoms with Crippen LogP contribution < -0.4 is 10.6 Å². The first-order chi connectivity index (χ1) is 8.58. The van der Waals surface area contributed by atoms with Gasteiger partial charge in [0.1, 0.15) is 6.61 Å². The van der Waals surface area contributed by atoms with Crippen molar-refractivity contribution in [3.63, 3.8) is 0 Å². The molecule has 1 aromatic carbocycles. The molecule has 18 heavy (non-hydrogen) atoms. The molecule has 1 amide bonds. The summed E-state index contributed by atoms with van der Waals surface area (Å²) < 4.78 is 5.38. The van der Waals surface area contributed by atoms with E-state index >= 15 is 0 Å². The standard InChI is InChI=1S/C14H20N2O2/c1-10(2)18-9-14(17)16-8-12(15)7-11-5-3-4-6-13(11)16/h3-6,10,12H,7-9,15H2,1-2H3. The number of ether oxygens (including phenoxy) is 1. The van der Waals surface area contributed by atoms with Crippen LogP contribution in [0.5, 0.6) is 0 Å². The Morgan fingerprint density at radius 1 is 1.50 bits per heavy atom. The zero-order valence-electron chi connectivity index (χ0n) is 10.9. The number of para-hydroxylation sites is 1. The molecule has 0 saturated carbocycles. The molecule has 0 aliphatic carbocycles. The Kier molecular flexibility index (Phi) is 3.99. The molecule has 1 aliphatic heterocycles. The van der Waals surface area contributed by atoms with Gasteiger partial charge in [0, 0.05) is 18.3 Å². The van der Waals surface area contributed by atoms with Crippen LogP contribution in [0.4, 0.5) is 5.69 Å². The van der Waals surface area contributed by atoms with Gasteiger partial charge >= 0.3 is 0 Å². The lowest BCUT2D eigenvalue weighted by Crippen LogP contribution is -2.47. The maximum absolute atomic E-state index is 12.2. The number of fused-ring (bicyclic) bond motifs is 1. The van der Waals surface area contributed by atoms with Crippen LogP contribution in [0.1, 0.15) is 19.4 Å². The molecule has 98 valence electrons. The molecule has 2 rings (SSSR count). The van der Waals surface area contributed by atoms with E-state index in [0.717, 1.165) is 17.7 Å². The third kappa shape index (κ3) is 2.89. The van der Waals surface area contributed by atoms with Crippen LogP contribution in [-0.4, -0.2) is 31.2 Å². The second-order valence-electron chi connectivity index (χ2n) is 4.96. The van der Waals surface area contributed by atoms with Crippen LogP contribution >= 0.6 is 0 Å². The van der Waals surface area contributed by atoms with Gasteiger partial charge in [-0.25, -0.2) is 0 Å². The van der Waals surface area contributed by atoms with Gasteiger partial charge in [-0.3, -0.25) is 4.79 Å². The molecule has 4 nitrogen and oxygen atoms in total. The lowest BCUT2D eigenvalue weighted by molar-refractivity contribution is -0.124. The van der Waals surface area contributed by atoms with Crippen molar-refractivity contribution in [1.82, 2.24) is 0 Å². The Balaban J connectivity index is 2.15. The Morgan fingerprint density at radius 3 is 2.94 bits per heavy atom. The van der Waals surface area contributed by atoms with Crippen molar-refractivity contribution in [2.24, 2.45) is 5.73 Å². The van der Waals surface area contributed by atoms with Crippen LogP contribution in [0.25, 0.3) is 0 Å². The van der Waals surface area contributed by atoms with E-state index in [1.807, 2.05) is 38.1 Å². The van der Waals surface area contributed by atoms with Gasteiger partial charge in [0.25, 0.3) is 5.91 Å². The highest BCUT2D eigenvalue weighted by Crippen LogP contribution is 2.26. The molecular weight excluding hydrogens is 228 g/mol. The molecule has 2 N–H and O–H groups in total. The van der Waals surface area contributed by atoms with Gasteiger partial charge in [0.05, 0.1) is 6.10 Å². The molecule has 4 heteroatoms. The average molecular weight is 248 g/mol. The third-order valence-corrected chi connectivity index (χ3v) is 3.02. The highest BCUT2D eigenvalue weighted by molar-refractivity contribution is 5.95. The minimum atomic E-state index is -0.0219. The summed E-state index contributed by atoms with van der Waals surface area (Å²) in [6.45, 7) is 4.52. The minimum Gasteiger partial charge on any atom is -0.369 e. The molecule has 0 spiro atoms. The molecule has 0 aromatic heterocycles. The minimum absolute atomic E-state index is 0.00269. The Labute approximate surface area is 108 Å². The lowest BCUT2D eigenvalue weighted by Gasteiger charge is -2.33. The van der Waals surface area contributed by atoms with Gasteiger partial charge in [-0.1, -0.05) is 18.2 Å². The fourth-order valence-electron chi connectivity index (χ4n) is 2.18. The molecule has 0 radical (unpaired) electrons. The fourth-order valence-corrected chi connectivity index (χ4v) is 2.18. The van der Waals surface area contributed by atoms with Crippen LogP contribution in [0, 0.1) is 0 Å². The smallest absolute Gasteiger partial charge is 0.253 e. The van der Waals surface area contributed by atoms with Crippen LogP contribution in [0.15, 0.2) is 24.3 Å². The molecule has 1 heterocycles. The van der Waals surface area contributed by atoms with E-state index < -0.39 is 0 Å².